The van der Waals surface area contributed by atoms with Crippen LogP contribution < -0.4 is 16.0 Å². The molecule has 1 aliphatic heterocycles. The minimum atomic E-state index is -0.494. The van der Waals surface area contributed by atoms with Crippen molar-refractivity contribution in [2.45, 2.75) is 52.1 Å². The maximum Gasteiger partial charge on any atom is 0.252 e. The van der Waals surface area contributed by atoms with Crippen molar-refractivity contribution in [3.63, 3.8) is 0 Å². The summed E-state index contributed by atoms with van der Waals surface area (Å²) in [7, 11) is 0. The molecule has 5 nitrogen and oxygen atoms in total. The molecular formula is C19H29N3O2. The van der Waals surface area contributed by atoms with Crippen LogP contribution in [0.15, 0.2) is 24.3 Å². The van der Waals surface area contributed by atoms with Gasteiger partial charge in [0.25, 0.3) is 5.91 Å². The molecule has 0 bridgehead atoms. The van der Waals surface area contributed by atoms with Crippen LogP contribution in [0.3, 0.4) is 0 Å². The molecule has 1 aliphatic rings. The number of carbonyl (C=O) groups excluding carboxylic acids is 2. The summed E-state index contributed by atoms with van der Waals surface area (Å²) in [6.07, 6.45) is 2.51. The Hall–Kier alpha value is -1.88. The summed E-state index contributed by atoms with van der Waals surface area (Å²) in [4.78, 5) is 25.2. The SMILES string of the molecule is Cc1ccccc1C(=O)NC(CC(C)C)C(=O)NC1CCNCC1. The number of amides is 2. The van der Waals surface area contributed by atoms with Crippen LogP contribution in [0.25, 0.3) is 0 Å². The van der Waals surface area contributed by atoms with Crippen LogP contribution in [0, 0.1) is 12.8 Å². The normalized spacial score (nSPS) is 16.7. The number of hydrogen-bond donors (Lipinski definition) is 3. The van der Waals surface area contributed by atoms with Crippen molar-refractivity contribution in [3.8, 4) is 0 Å². The van der Waals surface area contributed by atoms with Gasteiger partial charge in [0.2, 0.25) is 5.91 Å². The van der Waals surface area contributed by atoms with Crippen LogP contribution in [0.1, 0.15) is 49.0 Å². The molecule has 0 aliphatic carbocycles. The summed E-state index contributed by atoms with van der Waals surface area (Å²) in [5.74, 6) is 0.0719. The second-order valence-corrected chi connectivity index (χ2v) is 7.00. The topological polar surface area (TPSA) is 70.2 Å². The number of rotatable bonds is 6. The monoisotopic (exact) mass is 331 g/mol. The molecule has 2 rings (SSSR count). The Labute approximate surface area is 144 Å². The Kier molecular flexibility index (Phi) is 6.79. The number of hydrogen-bond acceptors (Lipinski definition) is 3. The van der Waals surface area contributed by atoms with Crippen molar-refractivity contribution in [3.05, 3.63) is 35.4 Å². The van der Waals surface area contributed by atoms with Crippen LogP contribution in [-0.4, -0.2) is 37.0 Å². The second kappa shape index (κ2) is 8.83. The average molecular weight is 331 g/mol. The molecule has 0 radical (unpaired) electrons. The molecule has 1 heterocycles. The molecule has 0 saturated carbocycles. The third-order valence-electron chi connectivity index (χ3n) is 4.40. The number of benzene rings is 1. The van der Waals surface area contributed by atoms with Gasteiger partial charge < -0.3 is 16.0 Å². The molecule has 0 aromatic heterocycles. The van der Waals surface area contributed by atoms with Gasteiger partial charge in [-0.3, -0.25) is 9.59 Å². The lowest BCUT2D eigenvalue weighted by molar-refractivity contribution is -0.124. The van der Waals surface area contributed by atoms with Crippen molar-refractivity contribution < 1.29 is 9.59 Å². The predicted octanol–water partition coefficient (Wildman–Crippen LogP) is 2.01. The van der Waals surface area contributed by atoms with Crippen LogP contribution in [0.4, 0.5) is 0 Å². The van der Waals surface area contributed by atoms with Crippen LogP contribution in [0.2, 0.25) is 0 Å². The number of piperidine rings is 1. The fourth-order valence-corrected chi connectivity index (χ4v) is 3.03. The van der Waals surface area contributed by atoms with Gasteiger partial charge in [-0.25, -0.2) is 0 Å². The average Bonchev–Trinajstić information content (AvgIpc) is 2.55. The van der Waals surface area contributed by atoms with Gasteiger partial charge in [0.05, 0.1) is 0 Å². The minimum Gasteiger partial charge on any atom is -0.351 e. The lowest BCUT2D eigenvalue weighted by Gasteiger charge is -2.27. The molecule has 3 N–H and O–H groups in total. The van der Waals surface area contributed by atoms with Crippen molar-refractivity contribution >= 4 is 11.8 Å². The third-order valence-corrected chi connectivity index (χ3v) is 4.40. The van der Waals surface area contributed by atoms with Crippen LogP contribution in [0.5, 0.6) is 0 Å². The molecule has 1 aromatic carbocycles. The van der Waals surface area contributed by atoms with E-state index in [2.05, 4.69) is 29.8 Å². The zero-order valence-electron chi connectivity index (χ0n) is 14.9. The number of aryl methyl sites for hydroxylation is 1. The van der Waals surface area contributed by atoms with Crippen molar-refractivity contribution in [2.75, 3.05) is 13.1 Å². The van der Waals surface area contributed by atoms with Crippen molar-refractivity contribution in [1.82, 2.24) is 16.0 Å². The lowest BCUT2D eigenvalue weighted by atomic mass is 10.0. The van der Waals surface area contributed by atoms with Gasteiger partial charge >= 0.3 is 0 Å². The van der Waals surface area contributed by atoms with Gasteiger partial charge in [-0.05, 0) is 56.8 Å². The van der Waals surface area contributed by atoms with Gasteiger partial charge in [0.15, 0.2) is 0 Å². The highest BCUT2D eigenvalue weighted by Crippen LogP contribution is 2.11. The fraction of sp³-hybridized carbons (Fsp3) is 0.579. The number of carbonyl (C=O) groups is 2. The highest BCUT2D eigenvalue weighted by molar-refractivity contribution is 5.98. The van der Waals surface area contributed by atoms with E-state index in [1.165, 1.54) is 0 Å². The first-order valence-corrected chi connectivity index (χ1v) is 8.85. The zero-order chi connectivity index (χ0) is 17.5. The molecule has 0 spiro atoms. The highest BCUT2D eigenvalue weighted by Gasteiger charge is 2.25. The van der Waals surface area contributed by atoms with Crippen LogP contribution >= 0.6 is 0 Å². The first-order valence-electron chi connectivity index (χ1n) is 8.85. The van der Waals surface area contributed by atoms with E-state index in [4.69, 9.17) is 0 Å². The quantitative estimate of drug-likeness (QED) is 0.747. The molecule has 5 heteroatoms. The molecule has 132 valence electrons. The molecule has 1 fully saturated rings. The second-order valence-electron chi connectivity index (χ2n) is 7.00. The third kappa shape index (κ3) is 5.34. The van der Waals surface area contributed by atoms with E-state index in [0.717, 1.165) is 31.5 Å². The largest absolute Gasteiger partial charge is 0.351 e. The highest BCUT2D eigenvalue weighted by atomic mass is 16.2. The molecular weight excluding hydrogens is 302 g/mol. The predicted molar refractivity (Wildman–Crippen MR) is 95.9 cm³/mol. The van der Waals surface area contributed by atoms with Gasteiger partial charge in [0.1, 0.15) is 6.04 Å². The molecule has 1 saturated heterocycles. The fourth-order valence-electron chi connectivity index (χ4n) is 3.03. The first kappa shape index (κ1) is 18.5. The number of nitrogens with one attached hydrogen (secondary N) is 3. The van der Waals surface area contributed by atoms with E-state index in [9.17, 15) is 9.59 Å². The molecule has 1 unspecified atom stereocenters. The Morgan fingerprint density at radius 2 is 1.88 bits per heavy atom. The van der Waals surface area contributed by atoms with E-state index in [1.54, 1.807) is 6.07 Å². The maximum atomic E-state index is 12.7. The summed E-state index contributed by atoms with van der Waals surface area (Å²) in [6, 6.07) is 7.15. The Balaban J connectivity index is 2.02. The van der Waals surface area contributed by atoms with Crippen LogP contribution in [-0.2, 0) is 4.79 Å². The molecule has 1 atom stereocenters. The minimum absolute atomic E-state index is 0.0717. The Morgan fingerprint density at radius 1 is 1.21 bits per heavy atom. The summed E-state index contributed by atoms with van der Waals surface area (Å²) < 4.78 is 0. The maximum absolute atomic E-state index is 12.7. The zero-order valence-corrected chi connectivity index (χ0v) is 14.9. The Morgan fingerprint density at radius 3 is 2.50 bits per heavy atom. The van der Waals surface area contributed by atoms with E-state index < -0.39 is 6.04 Å². The van der Waals surface area contributed by atoms with E-state index in [1.807, 2.05) is 25.1 Å². The molecule has 2 amide bonds. The van der Waals surface area contributed by atoms with Gasteiger partial charge in [-0.1, -0.05) is 32.0 Å². The van der Waals surface area contributed by atoms with Gasteiger partial charge in [-0.15, -0.1) is 0 Å². The van der Waals surface area contributed by atoms with Crippen molar-refractivity contribution in [2.24, 2.45) is 5.92 Å². The summed E-state index contributed by atoms with van der Waals surface area (Å²) in [5, 5.41) is 9.32. The lowest BCUT2D eigenvalue weighted by Crippen LogP contribution is -2.52. The summed E-state index contributed by atoms with van der Waals surface area (Å²) >= 11 is 0. The summed E-state index contributed by atoms with van der Waals surface area (Å²) in [6.45, 7) is 7.88. The molecule has 1 aromatic rings. The summed E-state index contributed by atoms with van der Waals surface area (Å²) in [5.41, 5.74) is 1.54. The first-order chi connectivity index (χ1) is 11.5. The van der Waals surface area contributed by atoms with Crippen molar-refractivity contribution in [1.29, 1.82) is 0 Å². The van der Waals surface area contributed by atoms with E-state index in [0.29, 0.717) is 17.9 Å². The van der Waals surface area contributed by atoms with E-state index >= 15 is 0 Å². The Bertz CT molecular complexity index is 565. The standard InChI is InChI=1S/C19H29N3O2/c1-13(2)12-17(19(24)21-15-8-10-20-11-9-15)22-18(23)16-7-5-4-6-14(16)3/h4-7,13,15,17,20H,8-12H2,1-3H3,(H,21,24)(H,22,23). The van der Waals surface area contributed by atoms with E-state index in [-0.39, 0.29) is 17.9 Å². The molecule has 24 heavy (non-hydrogen) atoms. The van der Waals surface area contributed by atoms with Gasteiger partial charge in [-0.2, -0.15) is 0 Å². The smallest absolute Gasteiger partial charge is 0.252 e. The van der Waals surface area contributed by atoms with Gasteiger partial charge in [0, 0.05) is 11.6 Å².